The number of carbonyl (C=O) groups is 1. The average Bonchev–Trinajstić information content (AvgIpc) is 2.63. The number of allylic oxidation sites excluding steroid dienone is 1. The summed E-state index contributed by atoms with van der Waals surface area (Å²) in [5.74, 6) is 0.00123. The molecule has 0 aromatic heterocycles. The highest BCUT2D eigenvalue weighted by Crippen LogP contribution is 2.13. The van der Waals surface area contributed by atoms with Crippen molar-refractivity contribution in [3.63, 3.8) is 0 Å². The van der Waals surface area contributed by atoms with Crippen LogP contribution in [0.3, 0.4) is 0 Å². The maximum Gasteiger partial charge on any atom is 0.185 e. The molecule has 0 unspecified atom stereocenters. The molecule has 0 fully saturated rings. The summed E-state index contributed by atoms with van der Waals surface area (Å²) in [6.07, 6.45) is 12.5. The Hall–Kier alpha value is -2.35. The number of hydrogen-bond acceptors (Lipinski definition) is 2. The molecule has 132 valence electrons. The minimum absolute atomic E-state index is 0.00123. The van der Waals surface area contributed by atoms with E-state index in [1.165, 1.54) is 44.1 Å². The fourth-order valence-corrected chi connectivity index (χ4v) is 2.88. The zero-order chi connectivity index (χ0) is 17.9. The van der Waals surface area contributed by atoms with Crippen molar-refractivity contribution in [3.8, 4) is 0 Å². The molecule has 0 aliphatic carbocycles. The summed E-state index contributed by atoms with van der Waals surface area (Å²) in [5.41, 5.74) is 9.40. The number of hydrogen-bond donors (Lipinski definition) is 1. The lowest BCUT2D eigenvalue weighted by Crippen LogP contribution is -1.94. The molecule has 2 rings (SSSR count). The van der Waals surface area contributed by atoms with Gasteiger partial charge in [-0.2, -0.15) is 0 Å². The monoisotopic (exact) mass is 335 g/mol. The second-order valence-corrected chi connectivity index (χ2v) is 6.58. The predicted octanol–water partition coefficient (Wildman–Crippen LogP) is 6.07. The molecule has 2 nitrogen and oxygen atoms in total. The van der Waals surface area contributed by atoms with Gasteiger partial charge in [-0.15, -0.1) is 0 Å². The number of ketones is 1. The van der Waals surface area contributed by atoms with Gasteiger partial charge >= 0.3 is 0 Å². The Bertz CT molecular complexity index is 685. The second-order valence-electron chi connectivity index (χ2n) is 6.58. The molecule has 0 spiro atoms. The van der Waals surface area contributed by atoms with Gasteiger partial charge in [0.15, 0.2) is 5.78 Å². The van der Waals surface area contributed by atoms with E-state index in [2.05, 4.69) is 25.1 Å². The standard InChI is InChI=1S/C23H29NO/c1-2-3-4-5-6-7-9-19-10-8-11-20(18-19)12-17-23(25)21-13-15-22(24)16-14-21/h8,10-18H,2-7,9,24H2,1H3. The van der Waals surface area contributed by atoms with E-state index in [0.29, 0.717) is 11.3 Å². The first-order chi connectivity index (χ1) is 12.2. The molecule has 0 aliphatic heterocycles. The molecule has 0 radical (unpaired) electrons. The van der Waals surface area contributed by atoms with Crippen molar-refractivity contribution in [1.82, 2.24) is 0 Å². The number of benzene rings is 2. The highest BCUT2D eigenvalue weighted by atomic mass is 16.1. The first-order valence-corrected chi connectivity index (χ1v) is 9.36. The minimum atomic E-state index is 0.00123. The van der Waals surface area contributed by atoms with Crippen LogP contribution in [-0.2, 0) is 6.42 Å². The molecule has 0 heterocycles. The van der Waals surface area contributed by atoms with Gasteiger partial charge in [-0.1, -0.05) is 69.4 Å². The van der Waals surface area contributed by atoms with Crippen molar-refractivity contribution in [3.05, 3.63) is 71.3 Å². The van der Waals surface area contributed by atoms with Crippen LogP contribution in [-0.4, -0.2) is 5.78 Å². The molecule has 2 N–H and O–H groups in total. The summed E-state index contributed by atoms with van der Waals surface area (Å²) in [7, 11) is 0. The number of nitrogens with two attached hydrogens (primary N) is 1. The SMILES string of the molecule is CCCCCCCCc1cccc(C=CC(=O)c2ccc(N)cc2)c1. The van der Waals surface area contributed by atoms with Crippen molar-refractivity contribution in [1.29, 1.82) is 0 Å². The Morgan fingerprint density at radius 2 is 1.68 bits per heavy atom. The van der Waals surface area contributed by atoms with E-state index >= 15 is 0 Å². The van der Waals surface area contributed by atoms with Gasteiger partial charge in [0.2, 0.25) is 0 Å². The summed E-state index contributed by atoms with van der Waals surface area (Å²) in [4.78, 5) is 12.2. The molecule has 0 saturated carbocycles. The highest BCUT2D eigenvalue weighted by molar-refractivity contribution is 6.06. The van der Waals surface area contributed by atoms with E-state index in [1.807, 2.05) is 12.1 Å². The van der Waals surface area contributed by atoms with Gasteiger partial charge in [-0.3, -0.25) is 4.79 Å². The van der Waals surface area contributed by atoms with Crippen molar-refractivity contribution in [2.24, 2.45) is 0 Å². The molecular formula is C23H29NO. The van der Waals surface area contributed by atoms with Gasteiger partial charge in [-0.25, -0.2) is 0 Å². The van der Waals surface area contributed by atoms with Crippen LogP contribution in [0.25, 0.3) is 6.08 Å². The fraction of sp³-hybridized carbons (Fsp3) is 0.348. The van der Waals surface area contributed by atoms with Crippen molar-refractivity contribution in [2.75, 3.05) is 5.73 Å². The zero-order valence-electron chi connectivity index (χ0n) is 15.2. The Kier molecular flexibility index (Phi) is 7.97. The van der Waals surface area contributed by atoms with Gasteiger partial charge in [0.25, 0.3) is 0 Å². The first-order valence-electron chi connectivity index (χ1n) is 9.36. The third-order valence-corrected chi connectivity index (χ3v) is 4.39. The predicted molar refractivity (Wildman–Crippen MR) is 108 cm³/mol. The third kappa shape index (κ3) is 6.96. The number of nitrogen functional groups attached to an aromatic ring is 1. The zero-order valence-corrected chi connectivity index (χ0v) is 15.2. The highest BCUT2D eigenvalue weighted by Gasteiger charge is 2.01. The van der Waals surface area contributed by atoms with Crippen LogP contribution in [0.4, 0.5) is 5.69 Å². The Labute approximate surface area is 151 Å². The maximum absolute atomic E-state index is 12.2. The minimum Gasteiger partial charge on any atom is -0.399 e. The van der Waals surface area contributed by atoms with E-state index in [4.69, 9.17) is 5.73 Å². The van der Waals surface area contributed by atoms with Crippen molar-refractivity contribution < 1.29 is 4.79 Å². The lowest BCUT2D eigenvalue weighted by atomic mass is 10.0. The van der Waals surface area contributed by atoms with E-state index in [9.17, 15) is 4.79 Å². The molecule has 0 bridgehead atoms. The maximum atomic E-state index is 12.2. The molecule has 0 atom stereocenters. The average molecular weight is 335 g/mol. The summed E-state index contributed by atoms with van der Waals surface area (Å²) in [6, 6.07) is 15.5. The van der Waals surface area contributed by atoms with Crippen LogP contribution in [0.1, 0.15) is 66.9 Å². The van der Waals surface area contributed by atoms with Crippen LogP contribution in [0.5, 0.6) is 0 Å². The number of unbranched alkanes of at least 4 members (excludes halogenated alkanes) is 5. The summed E-state index contributed by atoms with van der Waals surface area (Å²) < 4.78 is 0. The van der Waals surface area contributed by atoms with Crippen LogP contribution in [0.15, 0.2) is 54.6 Å². The van der Waals surface area contributed by atoms with Crippen molar-refractivity contribution >= 4 is 17.5 Å². The van der Waals surface area contributed by atoms with Gasteiger partial charge in [0.05, 0.1) is 0 Å². The molecule has 0 saturated heterocycles. The van der Waals surface area contributed by atoms with Gasteiger partial charge in [-0.05, 0) is 54.3 Å². The second kappa shape index (κ2) is 10.5. The summed E-state index contributed by atoms with van der Waals surface area (Å²) in [5, 5.41) is 0. The lowest BCUT2D eigenvalue weighted by Gasteiger charge is -2.03. The number of carbonyl (C=O) groups excluding carboxylic acids is 1. The first kappa shape index (κ1) is 19.0. The van der Waals surface area contributed by atoms with Gasteiger partial charge < -0.3 is 5.73 Å². The number of rotatable bonds is 10. The molecule has 2 aromatic rings. The van der Waals surface area contributed by atoms with Crippen LogP contribution >= 0.6 is 0 Å². The third-order valence-electron chi connectivity index (χ3n) is 4.39. The van der Waals surface area contributed by atoms with E-state index < -0.39 is 0 Å². The smallest absolute Gasteiger partial charge is 0.185 e. The molecule has 0 aliphatic rings. The normalized spacial score (nSPS) is 11.1. The summed E-state index contributed by atoms with van der Waals surface area (Å²) in [6.45, 7) is 2.25. The molecule has 25 heavy (non-hydrogen) atoms. The van der Waals surface area contributed by atoms with Gasteiger partial charge in [0, 0.05) is 11.3 Å². The Balaban J connectivity index is 1.85. The fourth-order valence-electron chi connectivity index (χ4n) is 2.88. The number of aryl methyl sites for hydroxylation is 1. The van der Waals surface area contributed by atoms with E-state index in [0.717, 1.165) is 12.0 Å². The van der Waals surface area contributed by atoms with Crippen LogP contribution in [0, 0.1) is 0 Å². The Morgan fingerprint density at radius 1 is 0.960 bits per heavy atom. The van der Waals surface area contributed by atoms with E-state index in [1.54, 1.807) is 30.3 Å². The van der Waals surface area contributed by atoms with Crippen molar-refractivity contribution in [2.45, 2.75) is 51.9 Å². The van der Waals surface area contributed by atoms with Crippen LogP contribution in [0.2, 0.25) is 0 Å². The van der Waals surface area contributed by atoms with E-state index in [-0.39, 0.29) is 5.78 Å². The summed E-state index contributed by atoms with van der Waals surface area (Å²) >= 11 is 0. The Morgan fingerprint density at radius 3 is 2.44 bits per heavy atom. The largest absolute Gasteiger partial charge is 0.399 e. The van der Waals surface area contributed by atoms with Gasteiger partial charge in [0.1, 0.15) is 0 Å². The topological polar surface area (TPSA) is 43.1 Å². The quantitative estimate of drug-likeness (QED) is 0.248. The molecule has 0 amide bonds. The lowest BCUT2D eigenvalue weighted by molar-refractivity contribution is 0.104. The molecular weight excluding hydrogens is 306 g/mol. The van der Waals surface area contributed by atoms with Crippen LogP contribution < -0.4 is 5.73 Å². The molecule has 2 heteroatoms. The molecule has 2 aromatic carbocycles. The number of anilines is 1.